The monoisotopic (exact) mass is 180 g/mol. The minimum atomic E-state index is 0.0458. The molecule has 0 radical (unpaired) electrons. The highest BCUT2D eigenvalue weighted by atomic mass is 15.3. The molecule has 2 heterocycles. The third kappa shape index (κ3) is 2.08. The minimum absolute atomic E-state index is 0.0458. The molecule has 0 bridgehead atoms. The van der Waals surface area contributed by atoms with E-state index in [4.69, 9.17) is 5.73 Å². The first-order valence-electron chi connectivity index (χ1n) is 4.64. The Morgan fingerprint density at radius 2 is 2.23 bits per heavy atom. The SMILES string of the molecule is CC1(N)CN(CCn2cccn2)C1. The lowest BCUT2D eigenvalue weighted by Gasteiger charge is -2.45. The third-order valence-corrected chi connectivity index (χ3v) is 2.37. The topological polar surface area (TPSA) is 47.1 Å². The lowest BCUT2D eigenvalue weighted by Crippen LogP contribution is -2.65. The normalized spacial score (nSPS) is 21.4. The second kappa shape index (κ2) is 3.12. The highest BCUT2D eigenvalue weighted by Crippen LogP contribution is 2.16. The van der Waals surface area contributed by atoms with Crippen LogP contribution in [0.2, 0.25) is 0 Å². The van der Waals surface area contributed by atoms with E-state index in [0.717, 1.165) is 26.2 Å². The molecule has 0 unspecified atom stereocenters. The maximum atomic E-state index is 5.90. The van der Waals surface area contributed by atoms with Crippen LogP contribution in [0.25, 0.3) is 0 Å². The fraction of sp³-hybridized carbons (Fsp3) is 0.667. The van der Waals surface area contributed by atoms with Crippen LogP contribution in [-0.4, -0.2) is 39.9 Å². The largest absolute Gasteiger partial charge is 0.323 e. The van der Waals surface area contributed by atoms with Crippen molar-refractivity contribution in [2.75, 3.05) is 19.6 Å². The Balaban J connectivity index is 1.71. The molecule has 0 atom stereocenters. The van der Waals surface area contributed by atoms with Crippen LogP contribution in [0.4, 0.5) is 0 Å². The average molecular weight is 180 g/mol. The van der Waals surface area contributed by atoms with Gasteiger partial charge in [0.1, 0.15) is 0 Å². The molecule has 1 aliphatic rings. The summed E-state index contributed by atoms with van der Waals surface area (Å²) in [5.41, 5.74) is 5.94. The van der Waals surface area contributed by atoms with Crippen molar-refractivity contribution in [3.05, 3.63) is 18.5 Å². The highest BCUT2D eigenvalue weighted by molar-refractivity contribution is 4.95. The lowest BCUT2D eigenvalue weighted by molar-refractivity contribution is 0.0792. The second-order valence-electron chi connectivity index (χ2n) is 4.13. The van der Waals surface area contributed by atoms with Crippen LogP contribution in [0.3, 0.4) is 0 Å². The van der Waals surface area contributed by atoms with E-state index in [0.29, 0.717) is 0 Å². The molecule has 0 spiro atoms. The van der Waals surface area contributed by atoms with Crippen molar-refractivity contribution in [1.82, 2.24) is 14.7 Å². The molecule has 0 saturated carbocycles. The Hall–Kier alpha value is -0.870. The summed E-state index contributed by atoms with van der Waals surface area (Å²) in [6, 6.07) is 1.95. The van der Waals surface area contributed by atoms with Crippen LogP contribution in [0, 0.1) is 0 Å². The number of hydrogen-bond donors (Lipinski definition) is 1. The maximum absolute atomic E-state index is 5.90. The molecule has 0 aliphatic carbocycles. The van der Waals surface area contributed by atoms with Gasteiger partial charge in [-0.1, -0.05) is 0 Å². The average Bonchev–Trinajstić information content (AvgIpc) is 2.48. The van der Waals surface area contributed by atoms with Gasteiger partial charge in [0.2, 0.25) is 0 Å². The molecule has 1 fully saturated rings. The summed E-state index contributed by atoms with van der Waals surface area (Å²) in [7, 11) is 0. The third-order valence-electron chi connectivity index (χ3n) is 2.37. The van der Waals surface area contributed by atoms with Crippen molar-refractivity contribution in [3.63, 3.8) is 0 Å². The molecule has 0 aromatic carbocycles. The van der Waals surface area contributed by atoms with Gasteiger partial charge in [-0.15, -0.1) is 0 Å². The minimum Gasteiger partial charge on any atom is -0.323 e. The zero-order valence-corrected chi connectivity index (χ0v) is 7.98. The van der Waals surface area contributed by atoms with Crippen molar-refractivity contribution in [2.45, 2.75) is 19.0 Å². The van der Waals surface area contributed by atoms with E-state index in [2.05, 4.69) is 16.9 Å². The van der Waals surface area contributed by atoms with Crippen LogP contribution in [-0.2, 0) is 6.54 Å². The first kappa shape index (κ1) is 8.72. The Bertz CT molecular complexity index is 257. The number of rotatable bonds is 3. The van der Waals surface area contributed by atoms with Crippen LogP contribution in [0.15, 0.2) is 18.5 Å². The zero-order valence-electron chi connectivity index (χ0n) is 7.98. The van der Waals surface area contributed by atoms with E-state index in [9.17, 15) is 0 Å². The number of hydrogen-bond acceptors (Lipinski definition) is 3. The number of likely N-dealkylation sites (tertiary alicyclic amines) is 1. The molecule has 2 rings (SSSR count). The predicted octanol–water partition coefficient (Wildman–Crippen LogP) is -0.0839. The summed E-state index contributed by atoms with van der Waals surface area (Å²) in [5.74, 6) is 0. The number of nitrogens with two attached hydrogens (primary N) is 1. The van der Waals surface area contributed by atoms with Gasteiger partial charge in [0.15, 0.2) is 0 Å². The Morgan fingerprint density at radius 1 is 1.46 bits per heavy atom. The summed E-state index contributed by atoms with van der Waals surface area (Å²) in [6.07, 6.45) is 3.80. The molecule has 1 aromatic heterocycles. The molecular weight excluding hydrogens is 164 g/mol. The van der Waals surface area contributed by atoms with E-state index >= 15 is 0 Å². The lowest BCUT2D eigenvalue weighted by atomic mass is 9.94. The van der Waals surface area contributed by atoms with Crippen LogP contribution < -0.4 is 5.73 Å². The fourth-order valence-electron chi connectivity index (χ4n) is 1.81. The van der Waals surface area contributed by atoms with Crippen LogP contribution in [0.5, 0.6) is 0 Å². The predicted molar refractivity (Wildman–Crippen MR) is 51.3 cm³/mol. The summed E-state index contributed by atoms with van der Waals surface area (Å²) in [5, 5.41) is 4.14. The van der Waals surface area contributed by atoms with Gasteiger partial charge >= 0.3 is 0 Å². The summed E-state index contributed by atoms with van der Waals surface area (Å²) >= 11 is 0. The van der Waals surface area contributed by atoms with Gasteiger partial charge in [0, 0.05) is 37.6 Å². The van der Waals surface area contributed by atoms with Gasteiger partial charge in [-0.05, 0) is 13.0 Å². The molecule has 1 aliphatic heterocycles. The van der Waals surface area contributed by atoms with Crippen molar-refractivity contribution in [3.8, 4) is 0 Å². The van der Waals surface area contributed by atoms with Gasteiger partial charge in [0.05, 0.1) is 6.54 Å². The van der Waals surface area contributed by atoms with Gasteiger partial charge in [-0.25, -0.2) is 0 Å². The molecule has 1 aromatic rings. The molecule has 4 nitrogen and oxygen atoms in total. The van der Waals surface area contributed by atoms with E-state index < -0.39 is 0 Å². The Labute approximate surface area is 78.3 Å². The smallest absolute Gasteiger partial charge is 0.0536 e. The molecular formula is C9H16N4. The van der Waals surface area contributed by atoms with Gasteiger partial charge in [-0.3, -0.25) is 9.58 Å². The highest BCUT2D eigenvalue weighted by Gasteiger charge is 2.33. The van der Waals surface area contributed by atoms with Crippen LogP contribution in [0.1, 0.15) is 6.92 Å². The molecule has 4 heteroatoms. The van der Waals surface area contributed by atoms with Gasteiger partial charge in [-0.2, -0.15) is 5.10 Å². The first-order chi connectivity index (χ1) is 6.16. The molecule has 1 saturated heterocycles. The van der Waals surface area contributed by atoms with Crippen LogP contribution >= 0.6 is 0 Å². The quantitative estimate of drug-likeness (QED) is 0.707. The second-order valence-corrected chi connectivity index (χ2v) is 4.13. The van der Waals surface area contributed by atoms with Gasteiger partial charge in [0.25, 0.3) is 0 Å². The molecule has 13 heavy (non-hydrogen) atoms. The van der Waals surface area contributed by atoms with Crippen molar-refractivity contribution < 1.29 is 0 Å². The Morgan fingerprint density at radius 3 is 2.77 bits per heavy atom. The molecule has 0 amide bonds. The summed E-state index contributed by atoms with van der Waals surface area (Å²) in [6.45, 7) is 6.12. The molecule has 2 N–H and O–H groups in total. The maximum Gasteiger partial charge on any atom is 0.0536 e. The van der Waals surface area contributed by atoms with Crippen molar-refractivity contribution in [2.24, 2.45) is 5.73 Å². The van der Waals surface area contributed by atoms with E-state index in [1.54, 1.807) is 0 Å². The molecule has 72 valence electrons. The zero-order chi connectivity index (χ0) is 9.31. The summed E-state index contributed by atoms with van der Waals surface area (Å²) < 4.78 is 1.95. The van der Waals surface area contributed by atoms with E-state index in [1.165, 1.54) is 0 Å². The number of nitrogens with zero attached hydrogens (tertiary/aromatic N) is 3. The van der Waals surface area contributed by atoms with E-state index in [-0.39, 0.29) is 5.54 Å². The van der Waals surface area contributed by atoms with Crippen molar-refractivity contribution >= 4 is 0 Å². The Kier molecular flexibility index (Phi) is 2.09. The van der Waals surface area contributed by atoms with Crippen molar-refractivity contribution in [1.29, 1.82) is 0 Å². The van der Waals surface area contributed by atoms with E-state index in [1.807, 2.05) is 23.1 Å². The summed E-state index contributed by atoms with van der Waals surface area (Å²) in [4.78, 5) is 2.35. The number of aromatic nitrogens is 2. The van der Waals surface area contributed by atoms with Gasteiger partial charge < -0.3 is 5.73 Å². The fourth-order valence-corrected chi connectivity index (χ4v) is 1.81. The standard InChI is InChI=1S/C9H16N4/c1-9(10)7-12(8-9)5-6-13-4-2-3-11-13/h2-4H,5-8,10H2,1H3. The first-order valence-corrected chi connectivity index (χ1v) is 4.64.